The maximum absolute atomic E-state index is 14.0. The number of thioether (sulfide) groups is 1. The van der Waals surface area contributed by atoms with Gasteiger partial charge in [0.05, 0.1) is 36.5 Å². The van der Waals surface area contributed by atoms with Crippen molar-refractivity contribution in [3.05, 3.63) is 35.0 Å². The van der Waals surface area contributed by atoms with Crippen molar-refractivity contribution in [2.45, 2.75) is 62.1 Å². The fourth-order valence-corrected chi connectivity index (χ4v) is 7.81. The predicted octanol–water partition coefficient (Wildman–Crippen LogP) is 3.51. The van der Waals surface area contributed by atoms with Crippen LogP contribution in [0, 0.1) is 0 Å². The van der Waals surface area contributed by atoms with Gasteiger partial charge < -0.3 is 10.0 Å². The number of likely N-dealkylation sites (tertiary alicyclic amines) is 1. The minimum absolute atomic E-state index is 0.0429. The van der Waals surface area contributed by atoms with Gasteiger partial charge in [0.15, 0.2) is 0 Å². The van der Waals surface area contributed by atoms with Gasteiger partial charge in [-0.3, -0.25) is 14.6 Å². The lowest BCUT2D eigenvalue weighted by molar-refractivity contribution is -0.139. The Kier molecular flexibility index (Phi) is 10.1. The van der Waals surface area contributed by atoms with Crippen molar-refractivity contribution in [1.82, 2.24) is 23.9 Å². The zero-order valence-electron chi connectivity index (χ0n) is 24.1. The van der Waals surface area contributed by atoms with Gasteiger partial charge in [-0.15, -0.1) is 11.8 Å². The molecule has 0 amide bonds. The highest BCUT2D eigenvalue weighted by molar-refractivity contribution is 7.99. The molecule has 1 unspecified atom stereocenters. The van der Waals surface area contributed by atoms with E-state index in [0.29, 0.717) is 55.0 Å². The Hall–Kier alpha value is -2.20. The number of alkyl halides is 4. The molecule has 9 nitrogen and oxygen atoms in total. The zero-order valence-corrected chi connectivity index (χ0v) is 25.8. The first-order chi connectivity index (χ1) is 20.4. The summed E-state index contributed by atoms with van der Waals surface area (Å²) < 4.78 is 83.7. The number of nitrogens with zero attached hydrogens (tertiary/aromatic N) is 6. The van der Waals surface area contributed by atoms with Gasteiger partial charge in [-0.1, -0.05) is 6.07 Å². The van der Waals surface area contributed by atoms with Crippen LogP contribution in [0.2, 0.25) is 0 Å². The molecule has 1 aromatic heterocycles. The molecule has 3 aliphatic rings. The van der Waals surface area contributed by atoms with Crippen LogP contribution in [0.25, 0.3) is 11.3 Å². The van der Waals surface area contributed by atoms with Crippen molar-refractivity contribution in [2.75, 3.05) is 57.8 Å². The van der Waals surface area contributed by atoms with Crippen LogP contribution in [0.15, 0.2) is 28.1 Å². The lowest BCUT2D eigenvalue weighted by atomic mass is 10.0. The topological polar surface area (TPSA) is 94.3 Å². The minimum atomic E-state index is -4.57. The van der Waals surface area contributed by atoms with Crippen molar-refractivity contribution < 1.29 is 31.1 Å². The van der Waals surface area contributed by atoms with Gasteiger partial charge in [0.1, 0.15) is 6.17 Å². The Morgan fingerprint density at radius 1 is 1.16 bits per heavy atom. The van der Waals surface area contributed by atoms with Gasteiger partial charge >= 0.3 is 6.18 Å². The number of aliphatic hydroxyl groups is 1. The third-order valence-corrected chi connectivity index (χ3v) is 10.3. The number of aliphatic hydroxyl groups excluding tert-OH is 1. The molecule has 0 saturated carbocycles. The third kappa shape index (κ3) is 8.10. The van der Waals surface area contributed by atoms with Crippen LogP contribution in [0.1, 0.15) is 36.1 Å². The van der Waals surface area contributed by atoms with E-state index in [2.05, 4.69) is 4.99 Å². The molecule has 2 aromatic rings. The molecular weight excluding hydrogens is 608 g/mol. The summed E-state index contributed by atoms with van der Waals surface area (Å²) in [6.07, 6.45) is -0.900. The standard InChI is InChI=1S/C28H38F4N6O3S2/c1-43(40,41)37-11-7-25-23(18-37)27(34-38(25)17-22(39)16-36-10-3-8-33-19-36)20-5-6-24(28(30,31)32)26(14-20)42-13-12-35-9-2-4-21(29)15-35/h5-6,14,19,21-22,39H,2-4,7-13,15-18H2,1H3/t21?,22-/m0/s1. The van der Waals surface area contributed by atoms with Crippen molar-refractivity contribution in [3.63, 3.8) is 0 Å². The molecule has 1 saturated heterocycles. The summed E-state index contributed by atoms with van der Waals surface area (Å²) in [5, 5.41) is 15.6. The highest BCUT2D eigenvalue weighted by Gasteiger charge is 2.35. The summed E-state index contributed by atoms with van der Waals surface area (Å²) in [6, 6.07) is 3.88. The van der Waals surface area contributed by atoms with Crippen molar-refractivity contribution in [2.24, 2.45) is 4.99 Å². The number of sulfonamides is 1. The molecule has 0 aliphatic carbocycles. The van der Waals surface area contributed by atoms with Crippen LogP contribution >= 0.6 is 11.8 Å². The monoisotopic (exact) mass is 646 g/mol. The second-order valence-corrected chi connectivity index (χ2v) is 14.5. The first-order valence-corrected chi connectivity index (χ1v) is 17.4. The van der Waals surface area contributed by atoms with Crippen LogP contribution in [0.4, 0.5) is 17.6 Å². The number of hydrogen-bond donors (Lipinski definition) is 1. The van der Waals surface area contributed by atoms with E-state index < -0.39 is 34.0 Å². The van der Waals surface area contributed by atoms with E-state index >= 15 is 0 Å². The first kappa shape index (κ1) is 32.2. The Morgan fingerprint density at radius 2 is 1.98 bits per heavy atom. The lowest BCUT2D eigenvalue weighted by Crippen LogP contribution is -2.38. The molecule has 43 heavy (non-hydrogen) atoms. The number of hydrogen-bond acceptors (Lipinski definition) is 8. The fraction of sp³-hybridized carbons (Fsp3) is 0.643. The van der Waals surface area contributed by atoms with Gasteiger partial charge in [-0.2, -0.15) is 22.6 Å². The van der Waals surface area contributed by atoms with E-state index in [0.717, 1.165) is 62.3 Å². The van der Waals surface area contributed by atoms with E-state index in [4.69, 9.17) is 5.10 Å². The number of β-amino-alcohol motifs (C(OH)–C–C–N with tert-alkyl or cyclic N) is 1. The number of aromatic nitrogens is 2. The molecule has 0 spiro atoms. The quantitative estimate of drug-likeness (QED) is 0.312. The maximum Gasteiger partial charge on any atom is 0.417 e. The average molecular weight is 647 g/mol. The molecule has 0 radical (unpaired) electrons. The van der Waals surface area contributed by atoms with Gasteiger partial charge in [0, 0.05) is 79.7 Å². The highest BCUT2D eigenvalue weighted by Crippen LogP contribution is 2.40. The number of rotatable bonds is 10. The summed E-state index contributed by atoms with van der Waals surface area (Å²) >= 11 is 1.07. The van der Waals surface area contributed by atoms with E-state index in [-0.39, 0.29) is 24.5 Å². The number of aliphatic imine (C=N–C) groups is 1. The van der Waals surface area contributed by atoms with E-state index in [1.807, 2.05) is 9.80 Å². The molecule has 3 aliphatic heterocycles. The maximum atomic E-state index is 14.0. The molecule has 15 heteroatoms. The predicted molar refractivity (Wildman–Crippen MR) is 158 cm³/mol. The highest BCUT2D eigenvalue weighted by atomic mass is 32.2. The minimum Gasteiger partial charge on any atom is -0.389 e. The van der Waals surface area contributed by atoms with Crippen LogP contribution in [0.5, 0.6) is 0 Å². The average Bonchev–Trinajstić information content (AvgIpc) is 3.30. The second kappa shape index (κ2) is 13.4. The number of benzene rings is 1. The number of piperidine rings is 1. The Bertz CT molecular complexity index is 1420. The van der Waals surface area contributed by atoms with E-state index in [1.165, 1.54) is 16.4 Å². The van der Waals surface area contributed by atoms with Gasteiger partial charge in [-0.05, 0) is 37.9 Å². The third-order valence-electron chi connectivity index (χ3n) is 8.05. The van der Waals surface area contributed by atoms with Crippen molar-refractivity contribution >= 4 is 28.1 Å². The van der Waals surface area contributed by atoms with Crippen LogP contribution in [0.3, 0.4) is 0 Å². The largest absolute Gasteiger partial charge is 0.417 e. The molecule has 1 fully saturated rings. The molecule has 1 N–H and O–H groups in total. The molecule has 0 bridgehead atoms. The summed E-state index contributed by atoms with van der Waals surface area (Å²) in [7, 11) is -3.52. The number of fused-ring (bicyclic) bond motifs is 1. The first-order valence-electron chi connectivity index (χ1n) is 14.5. The van der Waals surface area contributed by atoms with Crippen molar-refractivity contribution in [1.29, 1.82) is 0 Å². The summed E-state index contributed by atoms with van der Waals surface area (Å²) in [6.45, 7) is 3.82. The Balaban J connectivity index is 1.44. The zero-order chi connectivity index (χ0) is 30.8. The van der Waals surface area contributed by atoms with Crippen molar-refractivity contribution in [3.8, 4) is 11.3 Å². The SMILES string of the molecule is CS(=O)(=O)N1CCc2c(c(-c3ccc(C(F)(F)F)c(SCCN4CCCC(F)C4)c3)nn2C[C@@H](O)CN2C=NCCC2)C1. The smallest absolute Gasteiger partial charge is 0.389 e. The Labute approximate surface area is 254 Å². The summed E-state index contributed by atoms with van der Waals surface area (Å²) in [5.41, 5.74) is 1.48. The van der Waals surface area contributed by atoms with E-state index in [1.54, 1.807) is 11.0 Å². The van der Waals surface area contributed by atoms with E-state index in [9.17, 15) is 31.1 Å². The van der Waals surface area contributed by atoms with Gasteiger partial charge in [0.2, 0.25) is 10.0 Å². The molecule has 5 rings (SSSR count). The second-order valence-electron chi connectivity index (χ2n) is 11.4. The molecule has 2 atom stereocenters. The molecular formula is C28H38F4N6O3S2. The summed E-state index contributed by atoms with van der Waals surface area (Å²) in [4.78, 5) is 8.17. The summed E-state index contributed by atoms with van der Waals surface area (Å²) in [5.74, 6) is 0.361. The lowest BCUT2D eigenvalue weighted by Gasteiger charge is -2.28. The Morgan fingerprint density at radius 3 is 2.67 bits per heavy atom. The molecule has 238 valence electrons. The number of halogens is 4. The van der Waals surface area contributed by atoms with Crippen LogP contribution in [-0.4, -0.2) is 114 Å². The molecule has 1 aromatic carbocycles. The fourth-order valence-electron chi connectivity index (χ4n) is 5.90. The van der Waals surface area contributed by atoms with Crippen LogP contribution < -0.4 is 0 Å². The normalized spacial score (nSPS) is 21.3. The van der Waals surface area contributed by atoms with Gasteiger partial charge in [0.25, 0.3) is 0 Å². The molecule has 4 heterocycles. The van der Waals surface area contributed by atoms with Gasteiger partial charge in [-0.25, -0.2) is 12.8 Å². The van der Waals surface area contributed by atoms with Crippen LogP contribution in [-0.2, 0) is 35.7 Å².